The number of allylic oxidation sites excluding steroid dienone is 2. The van der Waals surface area contributed by atoms with Crippen molar-refractivity contribution in [1.29, 1.82) is 0 Å². The van der Waals surface area contributed by atoms with Gasteiger partial charge in [-0.05, 0) is 263 Å². The van der Waals surface area contributed by atoms with Gasteiger partial charge in [0.2, 0.25) is 0 Å². The summed E-state index contributed by atoms with van der Waals surface area (Å²) >= 11 is 0. The number of nitrogens with zero attached hydrogens (tertiary/aromatic N) is 6. The van der Waals surface area contributed by atoms with E-state index in [0.29, 0.717) is 58.7 Å². The van der Waals surface area contributed by atoms with E-state index in [9.17, 15) is 20.4 Å². The summed E-state index contributed by atoms with van der Waals surface area (Å²) in [5, 5.41) is 48.9. The molecule has 110 heavy (non-hydrogen) atoms. The molecule has 576 valence electrons. The molecule has 1 aliphatic rings. The van der Waals surface area contributed by atoms with E-state index in [0.717, 1.165) is 120 Å². The minimum atomic E-state index is -0.238. The number of anilines is 10. The lowest BCUT2D eigenvalue weighted by Gasteiger charge is -2.30. The van der Waals surface area contributed by atoms with Crippen LogP contribution in [0.15, 0.2) is 218 Å². The van der Waals surface area contributed by atoms with Crippen LogP contribution in [-0.4, -0.2) is 72.8 Å². The summed E-state index contributed by atoms with van der Waals surface area (Å²) in [5.74, 6) is 3.54. The van der Waals surface area contributed by atoms with Crippen molar-refractivity contribution in [1.82, 2.24) is 0 Å². The molecule has 0 bridgehead atoms. The van der Waals surface area contributed by atoms with Gasteiger partial charge in [0.25, 0.3) is 0 Å². The highest BCUT2D eigenvalue weighted by Gasteiger charge is 2.35. The Morgan fingerprint density at radius 1 is 0.209 bits per heavy atom. The van der Waals surface area contributed by atoms with Crippen LogP contribution in [0.2, 0.25) is 0 Å². The molecule has 11 rings (SSSR count). The third-order valence-electron chi connectivity index (χ3n) is 20.7. The Balaban J connectivity index is 0.914. The zero-order chi connectivity index (χ0) is 79.1. The second-order valence-corrected chi connectivity index (χ2v) is 34.5. The molecule has 0 aliphatic heterocycles. The molecular formula is C100H122N6O4. The Labute approximate surface area is 659 Å². The average molecular weight is 1470 g/mol. The van der Waals surface area contributed by atoms with Crippen LogP contribution in [0.3, 0.4) is 0 Å². The molecule has 10 aromatic carbocycles. The SMILES string of the molecule is Cc1cc(N(CC(C)C)CC(C)C)ccc1-c1ccc(N(c2ccc(-c3ccc(N(CC(C)C)CC(C)C)cc3C)cc2)c2ccc(C3=C(O)C(c4ccc(N(c5ccc(-c6ccc(N(CC(C)C)CC(C)C)cc6C)cc5)c5ccc(-c6ccc(N(CC(C)C)CC(C)C)cc6C)cc5)cc4O)=C3O)c(O)c2)cc1. The van der Waals surface area contributed by atoms with E-state index in [4.69, 9.17) is 0 Å². The number of aliphatic hydroxyl groups excluding tert-OH is 2. The van der Waals surface area contributed by atoms with E-state index < -0.39 is 0 Å². The highest BCUT2D eigenvalue weighted by atomic mass is 16.3. The average Bonchev–Trinajstić information content (AvgIpc) is 0.735. The van der Waals surface area contributed by atoms with E-state index in [1.54, 1.807) is 24.3 Å². The van der Waals surface area contributed by atoms with Gasteiger partial charge in [-0.3, -0.25) is 0 Å². The van der Waals surface area contributed by atoms with Gasteiger partial charge >= 0.3 is 0 Å². The largest absolute Gasteiger partial charge is 0.507 e. The minimum absolute atomic E-state index is 0.0899. The highest BCUT2D eigenvalue weighted by Crippen LogP contribution is 2.52. The second-order valence-electron chi connectivity index (χ2n) is 34.5. The summed E-state index contributed by atoms with van der Waals surface area (Å²) in [6.07, 6.45) is 0. The Kier molecular flexibility index (Phi) is 25.8. The number of aromatic hydroxyl groups is 2. The lowest BCUT2D eigenvalue weighted by molar-refractivity contribution is 0.386. The summed E-state index contributed by atoms with van der Waals surface area (Å²) in [7, 11) is 0. The van der Waals surface area contributed by atoms with Crippen molar-refractivity contribution in [2.45, 2.75) is 138 Å². The first-order valence-electron chi connectivity index (χ1n) is 40.4. The lowest BCUT2D eigenvalue weighted by atomic mass is 9.83. The van der Waals surface area contributed by atoms with Gasteiger partial charge in [0, 0.05) is 132 Å². The number of hydrogen-bond acceptors (Lipinski definition) is 10. The van der Waals surface area contributed by atoms with Crippen LogP contribution in [0, 0.1) is 75.0 Å². The summed E-state index contributed by atoms with van der Waals surface area (Å²) in [4.78, 5) is 14.3. The summed E-state index contributed by atoms with van der Waals surface area (Å²) < 4.78 is 0. The van der Waals surface area contributed by atoms with Crippen molar-refractivity contribution in [3.8, 4) is 56.0 Å². The first kappa shape index (κ1) is 80.7. The van der Waals surface area contributed by atoms with Gasteiger partial charge in [0.15, 0.2) is 0 Å². The molecule has 0 spiro atoms. The molecule has 10 nitrogen and oxygen atoms in total. The predicted molar refractivity (Wildman–Crippen MR) is 473 cm³/mol. The number of phenolic OH excluding ortho intramolecular Hbond substituents is 2. The van der Waals surface area contributed by atoms with Crippen molar-refractivity contribution < 1.29 is 20.4 Å². The first-order chi connectivity index (χ1) is 52.4. The van der Waals surface area contributed by atoms with Crippen LogP contribution in [0.1, 0.15) is 144 Å². The maximum atomic E-state index is 12.3. The van der Waals surface area contributed by atoms with Crippen molar-refractivity contribution in [2.75, 3.05) is 81.8 Å². The molecule has 0 amide bonds. The maximum Gasteiger partial charge on any atom is 0.139 e. The third kappa shape index (κ3) is 18.9. The number of hydrogen-bond donors (Lipinski definition) is 4. The molecule has 0 saturated carbocycles. The number of aliphatic hydroxyl groups is 2. The van der Waals surface area contributed by atoms with Crippen LogP contribution in [0.25, 0.3) is 55.7 Å². The fourth-order valence-corrected chi connectivity index (χ4v) is 16.1. The topological polar surface area (TPSA) is 100 Å². The molecule has 10 heteroatoms. The van der Waals surface area contributed by atoms with E-state index in [1.807, 2.05) is 12.1 Å². The molecule has 0 atom stereocenters. The number of phenols is 2. The van der Waals surface area contributed by atoms with Crippen molar-refractivity contribution in [3.05, 3.63) is 251 Å². The van der Waals surface area contributed by atoms with E-state index in [1.165, 1.54) is 45.0 Å². The third-order valence-corrected chi connectivity index (χ3v) is 20.7. The number of benzene rings is 10. The highest BCUT2D eigenvalue weighted by molar-refractivity contribution is 6.08. The van der Waals surface area contributed by atoms with Gasteiger partial charge in [0.05, 0.1) is 11.1 Å². The summed E-state index contributed by atoms with van der Waals surface area (Å²) in [6, 6.07) is 72.4. The van der Waals surface area contributed by atoms with Gasteiger partial charge in [-0.1, -0.05) is 184 Å². The Morgan fingerprint density at radius 3 is 0.555 bits per heavy atom. The summed E-state index contributed by atoms with van der Waals surface area (Å²) in [6.45, 7) is 53.2. The zero-order valence-electron chi connectivity index (χ0n) is 69.4. The Hall–Kier alpha value is -10.3. The van der Waals surface area contributed by atoms with E-state index in [-0.39, 0.29) is 45.3 Å². The molecule has 0 saturated heterocycles. The quantitative estimate of drug-likeness (QED) is 0.0326. The van der Waals surface area contributed by atoms with Gasteiger partial charge in [-0.15, -0.1) is 0 Å². The maximum absolute atomic E-state index is 12.3. The van der Waals surface area contributed by atoms with E-state index >= 15 is 0 Å². The Morgan fingerprint density at radius 2 is 0.382 bits per heavy atom. The van der Waals surface area contributed by atoms with Crippen LogP contribution in [0.5, 0.6) is 11.5 Å². The van der Waals surface area contributed by atoms with Crippen molar-refractivity contribution in [3.63, 3.8) is 0 Å². The zero-order valence-corrected chi connectivity index (χ0v) is 69.4. The molecule has 10 aromatic rings. The van der Waals surface area contributed by atoms with Crippen molar-refractivity contribution in [2.24, 2.45) is 47.3 Å². The van der Waals surface area contributed by atoms with Crippen molar-refractivity contribution >= 4 is 68.0 Å². The summed E-state index contributed by atoms with van der Waals surface area (Å²) in [5.41, 5.74) is 24.4. The van der Waals surface area contributed by atoms with Crippen LogP contribution < -0.4 is 29.4 Å². The molecule has 0 fully saturated rings. The lowest BCUT2D eigenvalue weighted by Crippen LogP contribution is -2.31. The molecule has 4 N–H and O–H groups in total. The fourth-order valence-electron chi connectivity index (χ4n) is 16.1. The Bertz CT molecular complexity index is 4280. The van der Waals surface area contributed by atoms with Gasteiger partial charge in [-0.2, -0.15) is 0 Å². The normalized spacial score (nSPS) is 12.5. The van der Waals surface area contributed by atoms with Gasteiger partial charge < -0.3 is 49.8 Å². The van der Waals surface area contributed by atoms with Gasteiger partial charge in [-0.25, -0.2) is 0 Å². The second kappa shape index (κ2) is 35.1. The minimum Gasteiger partial charge on any atom is -0.507 e. The van der Waals surface area contributed by atoms with Crippen LogP contribution in [0.4, 0.5) is 56.9 Å². The predicted octanol–water partition coefficient (Wildman–Crippen LogP) is 26.7. The molecule has 1 aliphatic carbocycles. The molecule has 0 radical (unpaired) electrons. The number of aryl methyl sites for hydroxylation is 4. The standard InChI is InChI=1S/C100H122N6O4/c1-63(2)55-101(56-64(3)4)83-37-43-89(71(17)49-83)75-21-29-79(30-22-75)105(80-31-23-76(24-32-80)90-44-38-84(50-72(90)18)102(57-65(5)6)58-66(7)8)87-41-47-93(95(107)53-87)97-99(109)98(100(97)110)94-48-42-88(54-96(94)108)106(81-33-25-77(26-34-81)91-45-39-85(51-73(91)19)103(59-67(9)10)60-68(11)12)82-35-27-78(28-36-82)92-46-40-86(52-74(92)20)104(61-69(13)14)62-70(15)16/h21-54,63-70,107-110H,55-62H2,1-20H3. The monoisotopic (exact) mass is 1470 g/mol. The fraction of sp³-hybridized carbons (Fsp3) is 0.360. The van der Waals surface area contributed by atoms with Crippen LogP contribution in [-0.2, 0) is 0 Å². The molecule has 0 unspecified atom stereocenters. The molecular weight excluding hydrogens is 1350 g/mol. The molecule has 0 aromatic heterocycles. The van der Waals surface area contributed by atoms with E-state index in [2.05, 4.69) is 338 Å². The molecule has 0 heterocycles. The number of rotatable bonds is 32. The smallest absolute Gasteiger partial charge is 0.139 e. The van der Waals surface area contributed by atoms with Gasteiger partial charge in [0.1, 0.15) is 23.0 Å². The first-order valence-corrected chi connectivity index (χ1v) is 40.4. The van der Waals surface area contributed by atoms with Crippen LogP contribution >= 0.6 is 0 Å².